The molecule has 4 heteroatoms. The van der Waals surface area contributed by atoms with Crippen molar-refractivity contribution in [2.75, 3.05) is 26.7 Å². The maximum absolute atomic E-state index is 11.4. The van der Waals surface area contributed by atoms with Gasteiger partial charge in [-0.2, -0.15) is 0 Å². The minimum absolute atomic E-state index is 0.0578. The molecule has 1 saturated heterocycles. The fourth-order valence-corrected chi connectivity index (χ4v) is 2.05. The first-order chi connectivity index (χ1) is 6.77. The predicted molar refractivity (Wildman–Crippen MR) is 57.0 cm³/mol. The number of carbonyl (C=O) groups is 1. The fourth-order valence-electron chi connectivity index (χ4n) is 2.05. The lowest BCUT2D eigenvalue weighted by molar-refractivity contribution is 0.164. The van der Waals surface area contributed by atoms with Crippen LogP contribution in [0.25, 0.3) is 0 Å². The summed E-state index contributed by atoms with van der Waals surface area (Å²) in [5.74, 6) is 0.657. The van der Waals surface area contributed by atoms with E-state index in [1.165, 1.54) is 6.42 Å². The number of hydrogen-bond acceptors (Lipinski definition) is 2. The molecule has 0 aromatic carbocycles. The molecule has 1 aliphatic rings. The minimum Gasteiger partial charge on any atom is -0.341 e. The van der Waals surface area contributed by atoms with Gasteiger partial charge in [0.15, 0.2) is 0 Å². The van der Waals surface area contributed by atoms with Crippen LogP contribution in [-0.4, -0.2) is 37.6 Å². The minimum atomic E-state index is 0.0578. The van der Waals surface area contributed by atoms with Gasteiger partial charge in [0.2, 0.25) is 0 Å². The zero-order chi connectivity index (χ0) is 10.4. The first kappa shape index (κ1) is 11.3. The molecule has 3 N–H and O–H groups in total. The highest BCUT2D eigenvalue weighted by atomic mass is 16.2. The molecular formula is C10H21N3O. The Balaban J connectivity index is 2.31. The molecule has 2 amide bonds. The largest absolute Gasteiger partial charge is 0.341 e. The first-order valence-corrected chi connectivity index (χ1v) is 5.44. The van der Waals surface area contributed by atoms with Gasteiger partial charge in [-0.05, 0) is 38.1 Å². The SMILES string of the molecule is CNC(=O)N1CCCC(CCCN)C1. The van der Waals surface area contributed by atoms with Crippen molar-refractivity contribution in [3.8, 4) is 0 Å². The number of urea groups is 1. The molecule has 0 bridgehead atoms. The second-order valence-corrected chi connectivity index (χ2v) is 3.94. The van der Waals surface area contributed by atoms with Gasteiger partial charge in [-0.25, -0.2) is 4.79 Å². The molecule has 0 saturated carbocycles. The van der Waals surface area contributed by atoms with Crippen molar-refractivity contribution in [1.29, 1.82) is 0 Å². The van der Waals surface area contributed by atoms with Gasteiger partial charge in [-0.1, -0.05) is 0 Å². The predicted octanol–water partition coefficient (Wildman–Crippen LogP) is 0.777. The van der Waals surface area contributed by atoms with E-state index in [9.17, 15) is 4.79 Å². The normalized spacial score (nSPS) is 22.1. The summed E-state index contributed by atoms with van der Waals surface area (Å²) in [4.78, 5) is 13.3. The lowest BCUT2D eigenvalue weighted by Crippen LogP contribution is -2.44. The van der Waals surface area contributed by atoms with Gasteiger partial charge in [0.25, 0.3) is 0 Å². The maximum atomic E-state index is 11.4. The van der Waals surface area contributed by atoms with Gasteiger partial charge < -0.3 is 16.0 Å². The van der Waals surface area contributed by atoms with E-state index >= 15 is 0 Å². The summed E-state index contributed by atoms with van der Waals surface area (Å²) >= 11 is 0. The van der Waals surface area contributed by atoms with E-state index < -0.39 is 0 Å². The maximum Gasteiger partial charge on any atom is 0.317 e. The van der Waals surface area contributed by atoms with Crippen molar-refractivity contribution in [2.45, 2.75) is 25.7 Å². The summed E-state index contributed by atoms with van der Waals surface area (Å²) < 4.78 is 0. The fraction of sp³-hybridized carbons (Fsp3) is 0.900. The van der Waals surface area contributed by atoms with Crippen LogP contribution in [0.3, 0.4) is 0 Å². The van der Waals surface area contributed by atoms with Crippen LogP contribution in [0.15, 0.2) is 0 Å². The molecule has 1 rings (SSSR count). The van der Waals surface area contributed by atoms with E-state index in [-0.39, 0.29) is 6.03 Å². The zero-order valence-corrected chi connectivity index (χ0v) is 8.96. The number of piperidine rings is 1. The molecule has 1 fully saturated rings. The van der Waals surface area contributed by atoms with Gasteiger partial charge in [-0.15, -0.1) is 0 Å². The quantitative estimate of drug-likeness (QED) is 0.705. The lowest BCUT2D eigenvalue weighted by atomic mass is 9.93. The van der Waals surface area contributed by atoms with Crippen LogP contribution in [0.2, 0.25) is 0 Å². The Morgan fingerprint density at radius 3 is 3.07 bits per heavy atom. The number of hydrogen-bond donors (Lipinski definition) is 2. The molecular weight excluding hydrogens is 178 g/mol. The summed E-state index contributed by atoms with van der Waals surface area (Å²) in [6.07, 6.45) is 4.60. The highest BCUT2D eigenvalue weighted by molar-refractivity contribution is 5.73. The number of nitrogens with one attached hydrogen (secondary N) is 1. The number of nitrogens with zero attached hydrogens (tertiary/aromatic N) is 1. The number of likely N-dealkylation sites (tertiary alicyclic amines) is 1. The lowest BCUT2D eigenvalue weighted by Gasteiger charge is -2.32. The molecule has 1 heterocycles. The summed E-state index contributed by atoms with van der Waals surface area (Å²) in [6, 6.07) is 0.0578. The van der Waals surface area contributed by atoms with E-state index in [2.05, 4.69) is 5.32 Å². The topological polar surface area (TPSA) is 58.4 Å². The summed E-state index contributed by atoms with van der Waals surface area (Å²) in [7, 11) is 1.69. The molecule has 0 aromatic heterocycles. The Morgan fingerprint density at radius 1 is 1.64 bits per heavy atom. The molecule has 0 aliphatic carbocycles. The second kappa shape index (κ2) is 5.86. The third-order valence-corrected chi connectivity index (χ3v) is 2.84. The molecule has 14 heavy (non-hydrogen) atoms. The van der Waals surface area contributed by atoms with E-state index in [1.807, 2.05) is 4.90 Å². The zero-order valence-electron chi connectivity index (χ0n) is 8.96. The van der Waals surface area contributed by atoms with Crippen molar-refractivity contribution in [2.24, 2.45) is 11.7 Å². The van der Waals surface area contributed by atoms with Gasteiger partial charge in [0, 0.05) is 20.1 Å². The van der Waals surface area contributed by atoms with Crippen LogP contribution >= 0.6 is 0 Å². The van der Waals surface area contributed by atoms with Crippen LogP contribution < -0.4 is 11.1 Å². The Labute approximate surface area is 85.8 Å². The number of carbonyl (C=O) groups excluding carboxylic acids is 1. The van der Waals surface area contributed by atoms with Crippen LogP contribution in [-0.2, 0) is 0 Å². The Hall–Kier alpha value is -0.770. The third-order valence-electron chi connectivity index (χ3n) is 2.84. The van der Waals surface area contributed by atoms with Crippen LogP contribution in [0, 0.1) is 5.92 Å². The summed E-state index contributed by atoms with van der Waals surface area (Å²) in [5, 5.41) is 2.67. The average molecular weight is 199 g/mol. The third kappa shape index (κ3) is 3.18. The van der Waals surface area contributed by atoms with Crippen LogP contribution in [0.4, 0.5) is 4.79 Å². The average Bonchev–Trinajstić information content (AvgIpc) is 2.25. The highest BCUT2D eigenvalue weighted by Crippen LogP contribution is 2.20. The Kier molecular flexibility index (Phi) is 4.73. The van der Waals surface area contributed by atoms with Crippen molar-refractivity contribution >= 4 is 6.03 Å². The molecule has 1 atom stereocenters. The van der Waals surface area contributed by atoms with Gasteiger partial charge in [0.1, 0.15) is 0 Å². The number of amides is 2. The number of rotatable bonds is 3. The van der Waals surface area contributed by atoms with Crippen molar-refractivity contribution in [3.05, 3.63) is 0 Å². The Bertz CT molecular complexity index is 184. The molecule has 1 unspecified atom stereocenters. The van der Waals surface area contributed by atoms with E-state index in [0.717, 1.165) is 38.9 Å². The van der Waals surface area contributed by atoms with Gasteiger partial charge in [0.05, 0.1) is 0 Å². The van der Waals surface area contributed by atoms with Crippen LogP contribution in [0.1, 0.15) is 25.7 Å². The van der Waals surface area contributed by atoms with Crippen molar-refractivity contribution in [1.82, 2.24) is 10.2 Å². The van der Waals surface area contributed by atoms with Crippen LogP contribution in [0.5, 0.6) is 0 Å². The molecule has 1 aliphatic heterocycles. The molecule has 0 radical (unpaired) electrons. The first-order valence-electron chi connectivity index (χ1n) is 5.44. The van der Waals surface area contributed by atoms with E-state index in [1.54, 1.807) is 7.05 Å². The highest BCUT2D eigenvalue weighted by Gasteiger charge is 2.22. The second-order valence-electron chi connectivity index (χ2n) is 3.94. The molecule has 82 valence electrons. The molecule has 0 aromatic rings. The van der Waals surface area contributed by atoms with Gasteiger partial charge >= 0.3 is 6.03 Å². The van der Waals surface area contributed by atoms with Crippen molar-refractivity contribution < 1.29 is 4.79 Å². The Morgan fingerprint density at radius 2 is 2.43 bits per heavy atom. The van der Waals surface area contributed by atoms with E-state index in [0.29, 0.717) is 5.92 Å². The smallest absolute Gasteiger partial charge is 0.317 e. The standard InChI is InChI=1S/C10H21N3O/c1-12-10(14)13-7-3-5-9(8-13)4-2-6-11/h9H,2-8,11H2,1H3,(H,12,14). The summed E-state index contributed by atoms with van der Waals surface area (Å²) in [5.41, 5.74) is 5.47. The van der Waals surface area contributed by atoms with E-state index in [4.69, 9.17) is 5.73 Å². The molecule has 4 nitrogen and oxygen atoms in total. The monoisotopic (exact) mass is 199 g/mol. The molecule has 0 spiro atoms. The summed E-state index contributed by atoms with van der Waals surface area (Å²) in [6.45, 7) is 2.56. The van der Waals surface area contributed by atoms with Crippen molar-refractivity contribution in [3.63, 3.8) is 0 Å². The number of nitrogens with two attached hydrogens (primary N) is 1. The van der Waals surface area contributed by atoms with Gasteiger partial charge in [-0.3, -0.25) is 0 Å².